The first-order chi connectivity index (χ1) is 13.0. The fraction of sp³-hybridized carbons (Fsp3) is 1.00. The number of hydrogen-bond donors (Lipinski definition) is 0. The van der Waals surface area contributed by atoms with Crippen molar-refractivity contribution < 1.29 is 26.6 Å². The number of nitrogens with zero attached hydrogens (tertiary/aromatic N) is 2. The maximum atomic E-state index is 5.99. The SMILES string of the molecule is CCO[Si](CN1CCN(C[Si](OCC)(OCC)OCC)C1)(OCC)OCC. The van der Waals surface area contributed by atoms with Crippen LogP contribution in [0.4, 0.5) is 0 Å². The van der Waals surface area contributed by atoms with Crippen LogP contribution in [-0.4, -0.2) is 99.1 Å². The second kappa shape index (κ2) is 13.4. The number of hydrogen-bond acceptors (Lipinski definition) is 8. The summed E-state index contributed by atoms with van der Waals surface area (Å²) in [5.74, 6) is 0. The Balaban J connectivity index is 2.74. The van der Waals surface area contributed by atoms with Crippen LogP contribution >= 0.6 is 0 Å². The summed E-state index contributed by atoms with van der Waals surface area (Å²) in [6.45, 7) is 18.2. The van der Waals surface area contributed by atoms with Crippen LogP contribution in [0.5, 0.6) is 0 Å². The van der Waals surface area contributed by atoms with Crippen LogP contribution in [0.15, 0.2) is 0 Å². The Hall–Kier alpha value is 0.114. The predicted octanol–water partition coefficient (Wildman–Crippen LogP) is 1.74. The summed E-state index contributed by atoms with van der Waals surface area (Å²) in [6, 6.07) is 0. The summed E-state index contributed by atoms with van der Waals surface area (Å²) < 4.78 is 36.0. The quantitative estimate of drug-likeness (QED) is 0.347. The lowest BCUT2D eigenvalue weighted by molar-refractivity contribution is 0.0518. The van der Waals surface area contributed by atoms with Crippen molar-refractivity contribution in [2.24, 2.45) is 0 Å². The minimum atomic E-state index is -2.68. The third kappa shape index (κ3) is 8.17. The van der Waals surface area contributed by atoms with Gasteiger partial charge in [-0.2, -0.15) is 0 Å². The lowest BCUT2D eigenvalue weighted by atomic mass is 10.6. The second-order valence-corrected chi connectivity index (χ2v) is 11.3. The van der Waals surface area contributed by atoms with Crippen molar-refractivity contribution in [1.29, 1.82) is 0 Å². The summed E-state index contributed by atoms with van der Waals surface area (Å²) in [4.78, 5) is 4.69. The van der Waals surface area contributed by atoms with Crippen molar-refractivity contribution in [2.45, 2.75) is 41.5 Å². The molecule has 0 atom stereocenters. The van der Waals surface area contributed by atoms with Gasteiger partial charge in [-0.15, -0.1) is 0 Å². The molecular weight excluding hydrogens is 384 g/mol. The molecule has 0 aromatic carbocycles. The van der Waals surface area contributed by atoms with E-state index in [4.69, 9.17) is 26.6 Å². The van der Waals surface area contributed by atoms with E-state index in [-0.39, 0.29) is 0 Å². The maximum Gasteiger partial charge on any atom is 0.515 e. The molecule has 0 aliphatic carbocycles. The van der Waals surface area contributed by atoms with Gasteiger partial charge >= 0.3 is 17.6 Å². The molecular formula is C17H40N2O6Si2. The molecule has 162 valence electrons. The van der Waals surface area contributed by atoms with Gasteiger partial charge in [0.1, 0.15) is 0 Å². The first kappa shape index (κ1) is 25.2. The molecule has 1 saturated heterocycles. The third-order valence-corrected chi connectivity index (χ3v) is 10.2. The normalized spacial score (nSPS) is 17.1. The van der Waals surface area contributed by atoms with Gasteiger partial charge in [-0.1, -0.05) is 0 Å². The van der Waals surface area contributed by atoms with Gasteiger partial charge in [0.05, 0.1) is 19.0 Å². The Morgan fingerprint density at radius 3 is 1.00 bits per heavy atom. The minimum Gasteiger partial charge on any atom is -0.373 e. The molecule has 0 N–H and O–H groups in total. The largest absolute Gasteiger partial charge is 0.515 e. The Morgan fingerprint density at radius 1 is 0.519 bits per heavy atom. The number of rotatable bonds is 16. The van der Waals surface area contributed by atoms with Crippen LogP contribution in [-0.2, 0) is 26.6 Å². The van der Waals surface area contributed by atoms with Crippen LogP contribution < -0.4 is 0 Å². The zero-order valence-corrected chi connectivity index (χ0v) is 20.1. The zero-order valence-electron chi connectivity index (χ0n) is 18.1. The predicted molar refractivity (Wildman–Crippen MR) is 109 cm³/mol. The van der Waals surface area contributed by atoms with Gasteiger partial charge in [-0.25, -0.2) is 0 Å². The van der Waals surface area contributed by atoms with E-state index in [1.54, 1.807) is 0 Å². The summed E-state index contributed by atoms with van der Waals surface area (Å²) in [5, 5.41) is 0. The topological polar surface area (TPSA) is 61.9 Å². The van der Waals surface area contributed by atoms with E-state index in [1.807, 2.05) is 41.5 Å². The molecule has 0 saturated carbocycles. The van der Waals surface area contributed by atoms with E-state index in [0.29, 0.717) is 52.0 Å². The van der Waals surface area contributed by atoms with E-state index in [2.05, 4.69) is 9.80 Å². The highest BCUT2D eigenvalue weighted by atomic mass is 28.4. The highest BCUT2D eigenvalue weighted by Crippen LogP contribution is 2.18. The van der Waals surface area contributed by atoms with E-state index in [9.17, 15) is 0 Å². The van der Waals surface area contributed by atoms with E-state index in [1.165, 1.54) is 0 Å². The molecule has 10 heteroatoms. The lowest BCUT2D eigenvalue weighted by Gasteiger charge is -2.33. The molecule has 0 amide bonds. The average Bonchev–Trinajstić information content (AvgIpc) is 3.02. The summed E-state index contributed by atoms with van der Waals surface area (Å²) in [7, 11) is -5.36. The van der Waals surface area contributed by atoms with Crippen LogP contribution in [0.2, 0.25) is 0 Å². The molecule has 1 aliphatic rings. The van der Waals surface area contributed by atoms with Crippen molar-refractivity contribution in [2.75, 3.05) is 71.7 Å². The standard InChI is InChI=1S/C17H40N2O6Si2/c1-7-20-26(21-8-2,22-9-3)16-18-13-14-19(15-18)17-27(23-10-4,24-11-5)25-12-6/h7-17H2,1-6H3. The zero-order chi connectivity index (χ0) is 20.2. The molecule has 0 unspecified atom stereocenters. The van der Waals surface area contributed by atoms with E-state index < -0.39 is 17.6 Å². The Labute approximate surface area is 167 Å². The van der Waals surface area contributed by atoms with Gasteiger partial charge < -0.3 is 26.6 Å². The lowest BCUT2D eigenvalue weighted by Crippen LogP contribution is -2.57. The van der Waals surface area contributed by atoms with Gasteiger partial charge in [0.25, 0.3) is 0 Å². The highest BCUT2D eigenvalue weighted by molar-refractivity contribution is 6.61. The summed E-state index contributed by atoms with van der Waals surface area (Å²) in [5.41, 5.74) is 0. The summed E-state index contributed by atoms with van der Waals surface area (Å²) >= 11 is 0. The van der Waals surface area contributed by atoms with Gasteiger partial charge in [-0.05, 0) is 41.5 Å². The van der Waals surface area contributed by atoms with E-state index >= 15 is 0 Å². The molecule has 0 aromatic heterocycles. The first-order valence-corrected chi connectivity index (χ1v) is 14.2. The van der Waals surface area contributed by atoms with Crippen LogP contribution in [0.25, 0.3) is 0 Å². The van der Waals surface area contributed by atoms with E-state index in [0.717, 1.165) is 19.8 Å². The van der Waals surface area contributed by atoms with Crippen LogP contribution in [0, 0.1) is 0 Å². The molecule has 0 aromatic rings. The molecule has 1 fully saturated rings. The molecule has 8 nitrogen and oxygen atoms in total. The van der Waals surface area contributed by atoms with Crippen LogP contribution in [0.1, 0.15) is 41.5 Å². The van der Waals surface area contributed by atoms with Crippen molar-refractivity contribution in [3.8, 4) is 0 Å². The molecule has 0 spiro atoms. The molecule has 1 rings (SSSR count). The van der Waals surface area contributed by atoms with Crippen molar-refractivity contribution in [1.82, 2.24) is 9.80 Å². The van der Waals surface area contributed by atoms with Crippen molar-refractivity contribution in [3.05, 3.63) is 0 Å². The Bertz CT molecular complexity index is 326. The molecule has 1 heterocycles. The van der Waals surface area contributed by atoms with Gasteiger partial charge in [-0.3, -0.25) is 9.80 Å². The Kier molecular flexibility index (Phi) is 12.4. The van der Waals surface area contributed by atoms with Gasteiger partial charge in [0.2, 0.25) is 0 Å². The van der Waals surface area contributed by atoms with Gasteiger partial charge in [0, 0.05) is 52.7 Å². The first-order valence-electron chi connectivity index (χ1n) is 10.3. The minimum absolute atomic E-state index is 0.596. The molecule has 0 bridgehead atoms. The monoisotopic (exact) mass is 424 g/mol. The molecule has 0 radical (unpaired) electrons. The third-order valence-electron chi connectivity index (χ3n) is 4.15. The summed E-state index contributed by atoms with van der Waals surface area (Å²) in [6.07, 6.45) is 1.40. The van der Waals surface area contributed by atoms with Gasteiger partial charge in [0.15, 0.2) is 0 Å². The van der Waals surface area contributed by atoms with Crippen molar-refractivity contribution >= 4 is 17.6 Å². The average molecular weight is 425 g/mol. The smallest absolute Gasteiger partial charge is 0.373 e. The molecule has 1 aliphatic heterocycles. The fourth-order valence-electron chi connectivity index (χ4n) is 3.36. The van der Waals surface area contributed by atoms with Crippen molar-refractivity contribution in [3.63, 3.8) is 0 Å². The fourth-order valence-corrected chi connectivity index (χ4v) is 8.65. The van der Waals surface area contributed by atoms with Crippen LogP contribution in [0.3, 0.4) is 0 Å². The Morgan fingerprint density at radius 2 is 0.778 bits per heavy atom. The maximum absolute atomic E-state index is 5.99. The second-order valence-electron chi connectivity index (χ2n) is 6.21. The molecule has 27 heavy (non-hydrogen) atoms. The highest BCUT2D eigenvalue weighted by Gasteiger charge is 2.47.